The maximum absolute atomic E-state index is 11.2. The van der Waals surface area contributed by atoms with Crippen molar-refractivity contribution in [2.75, 3.05) is 6.26 Å². The van der Waals surface area contributed by atoms with E-state index in [0.29, 0.717) is 5.52 Å². The van der Waals surface area contributed by atoms with Crippen molar-refractivity contribution in [2.45, 2.75) is 5.03 Å². The monoisotopic (exact) mass is 207 g/mol. The first-order valence-electron chi connectivity index (χ1n) is 4.13. The van der Waals surface area contributed by atoms with Crippen LogP contribution in [0.2, 0.25) is 0 Å². The molecule has 0 N–H and O–H groups in total. The first-order valence-corrected chi connectivity index (χ1v) is 6.02. The average Bonchev–Trinajstić information content (AvgIpc) is 2.16. The van der Waals surface area contributed by atoms with Crippen molar-refractivity contribution in [3.63, 3.8) is 0 Å². The number of aromatic nitrogens is 1. The van der Waals surface area contributed by atoms with E-state index in [2.05, 4.69) is 4.98 Å². The van der Waals surface area contributed by atoms with E-state index in [0.717, 1.165) is 11.6 Å². The molecule has 0 unspecified atom stereocenters. The summed E-state index contributed by atoms with van der Waals surface area (Å²) in [7, 11) is -3.21. The highest BCUT2D eigenvalue weighted by Crippen LogP contribution is 2.14. The van der Waals surface area contributed by atoms with Crippen molar-refractivity contribution in [1.29, 1.82) is 0 Å². The van der Waals surface area contributed by atoms with Crippen molar-refractivity contribution in [3.05, 3.63) is 36.4 Å². The molecule has 0 aliphatic heterocycles. The molecule has 0 fully saturated rings. The van der Waals surface area contributed by atoms with Gasteiger partial charge in [0.05, 0.1) is 5.52 Å². The largest absolute Gasteiger partial charge is 0.236 e. The zero-order chi connectivity index (χ0) is 10.2. The third-order valence-corrected chi connectivity index (χ3v) is 2.94. The molecule has 0 amide bonds. The molecule has 2 aromatic rings. The highest BCUT2D eigenvalue weighted by Gasteiger charge is 2.08. The molecule has 0 aliphatic rings. The van der Waals surface area contributed by atoms with Crippen molar-refractivity contribution in [1.82, 2.24) is 4.98 Å². The number of hydrogen-bond acceptors (Lipinski definition) is 3. The van der Waals surface area contributed by atoms with E-state index in [-0.39, 0.29) is 5.03 Å². The highest BCUT2D eigenvalue weighted by molar-refractivity contribution is 7.90. The van der Waals surface area contributed by atoms with E-state index in [9.17, 15) is 8.42 Å². The minimum Gasteiger partial charge on any atom is -0.236 e. The molecule has 2 rings (SSSR count). The number of nitrogens with zero attached hydrogens (tertiary/aromatic N) is 1. The third-order valence-electron chi connectivity index (χ3n) is 1.95. The fraction of sp³-hybridized carbons (Fsp3) is 0.100. The van der Waals surface area contributed by atoms with Crippen LogP contribution < -0.4 is 0 Å². The van der Waals surface area contributed by atoms with Crippen molar-refractivity contribution >= 4 is 20.7 Å². The van der Waals surface area contributed by atoms with Gasteiger partial charge in [0.2, 0.25) is 0 Å². The van der Waals surface area contributed by atoms with E-state index < -0.39 is 9.84 Å². The Kier molecular flexibility index (Phi) is 2.00. The second-order valence-corrected chi connectivity index (χ2v) is 5.08. The number of rotatable bonds is 1. The second-order valence-electron chi connectivity index (χ2n) is 3.11. The predicted octanol–water partition coefficient (Wildman–Crippen LogP) is 1.64. The number of sulfone groups is 1. The summed E-state index contributed by atoms with van der Waals surface area (Å²) in [6, 6.07) is 10.7. The van der Waals surface area contributed by atoms with Crippen LogP contribution in [-0.4, -0.2) is 19.7 Å². The lowest BCUT2D eigenvalue weighted by atomic mass is 10.2. The van der Waals surface area contributed by atoms with Crippen molar-refractivity contribution in [3.8, 4) is 0 Å². The van der Waals surface area contributed by atoms with Crippen molar-refractivity contribution < 1.29 is 8.42 Å². The zero-order valence-corrected chi connectivity index (χ0v) is 8.45. The summed E-state index contributed by atoms with van der Waals surface area (Å²) < 4.78 is 22.4. The molecular formula is C10H9NO2S. The maximum atomic E-state index is 11.2. The molecule has 0 spiro atoms. The number of benzene rings is 1. The Balaban J connectivity index is 2.75. The highest BCUT2D eigenvalue weighted by atomic mass is 32.2. The lowest BCUT2D eigenvalue weighted by Crippen LogP contribution is -1.99. The molecule has 1 aromatic carbocycles. The lowest BCUT2D eigenvalue weighted by Gasteiger charge is -1.99. The Morgan fingerprint density at radius 2 is 1.79 bits per heavy atom. The Bertz CT molecular complexity index is 575. The quantitative estimate of drug-likeness (QED) is 0.714. The minimum atomic E-state index is -3.21. The van der Waals surface area contributed by atoms with Crippen molar-refractivity contribution in [2.24, 2.45) is 0 Å². The number of hydrogen-bond donors (Lipinski definition) is 0. The van der Waals surface area contributed by atoms with Gasteiger partial charge in [-0.05, 0) is 18.2 Å². The van der Waals surface area contributed by atoms with Crippen LogP contribution in [0.5, 0.6) is 0 Å². The molecule has 0 atom stereocenters. The number of para-hydroxylation sites is 1. The molecule has 0 aliphatic carbocycles. The van der Waals surface area contributed by atoms with Crippen LogP contribution in [0, 0.1) is 0 Å². The predicted molar refractivity (Wildman–Crippen MR) is 54.9 cm³/mol. The SMILES string of the molecule is CS(=O)(=O)c1ccc2ccccc2n1. The Morgan fingerprint density at radius 3 is 2.50 bits per heavy atom. The first kappa shape index (κ1) is 9.15. The van der Waals surface area contributed by atoms with Gasteiger partial charge in [-0.1, -0.05) is 18.2 Å². The van der Waals surface area contributed by atoms with Gasteiger partial charge in [-0.3, -0.25) is 0 Å². The zero-order valence-electron chi connectivity index (χ0n) is 7.64. The Hall–Kier alpha value is -1.42. The summed E-state index contributed by atoms with van der Waals surface area (Å²) in [5.74, 6) is 0. The summed E-state index contributed by atoms with van der Waals surface area (Å²) in [6.07, 6.45) is 1.16. The van der Waals surface area contributed by atoms with E-state index in [1.54, 1.807) is 12.1 Å². The molecule has 0 saturated carbocycles. The molecular weight excluding hydrogens is 198 g/mol. The van der Waals surface area contributed by atoms with Crippen LogP contribution in [-0.2, 0) is 9.84 Å². The van der Waals surface area contributed by atoms with E-state index in [1.807, 2.05) is 18.2 Å². The van der Waals surface area contributed by atoms with Gasteiger partial charge >= 0.3 is 0 Å². The minimum absolute atomic E-state index is 0.121. The van der Waals surface area contributed by atoms with Crippen LogP contribution in [0.15, 0.2) is 41.4 Å². The van der Waals surface area contributed by atoms with Gasteiger partial charge < -0.3 is 0 Å². The standard InChI is InChI=1S/C10H9NO2S/c1-14(12,13)10-7-6-8-4-2-3-5-9(8)11-10/h2-7H,1H3. The topological polar surface area (TPSA) is 47.0 Å². The smallest absolute Gasteiger partial charge is 0.192 e. The third kappa shape index (κ3) is 1.61. The van der Waals surface area contributed by atoms with Crippen LogP contribution in [0.4, 0.5) is 0 Å². The molecule has 14 heavy (non-hydrogen) atoms. The molecule has 0 saturated heterocycles. The fourth-order valence-electron chi connectivity index (χ4n) is 1.25. The molecule has 1 heterocycles. The average molecular weight is 207 g/mol. The Labute approximate surface area is 82.3 Å². The van der Waals surface area contributed by atoms with Crippen LogP contribution in [0.1, 0.15) is 0 Å². The Morgan fingerprint density at radius 1 is 1.07 bits per heavy atom. The van der Waals surface area contributed by atoms with E-state index in [4.69, 9.17) is 0 Å². The summed E-state index contributed by atoms with van der Waals surface area (Å²) in [5.41, 5.74) is 0.704. The van der Waals surface area contributed by atoms with Crippen LogP contribution in [0.3, 0.4) is 0 Å². The van der Waals surface area contributed by atoms with Gasteiger partial charge in [-0.15, -0.1) is 0 Å². The van der Waals surface area contributed by atoms with Gasteiger partial charge in [-0.2, -0.15) is 0 Å². The van der Waals surface area contributed by atoms with E-state index >= 15 is 0 Å². The summed E-state index contributed by atoms with van der Waals surface area (Å²) in [6.45, 7) is 0. The van der Waals surface area contributed by atoms with Gasteiger partial charge in [0.15, 0.2) is 14.9 Å². The lowest BCUT2D eigenvalue weighted by molar-refractivity contribution is 0.599. The normalized spacial score (nSPS) is 11.8. The number of fused-ring (bicyclic) bond motifs is 1. The van der Waals surface area contributed by atoms with Gasteiger partial charge in [-0.25, -0.2) is 13.4 Å². The number of pyridine rings is 1. The molecule has 3 nitrogen and oxygen atoms in total. The molecule has 72 valence electrons. The molecule has 0 bridgehead atoms. The summed E-state index contributed by atoms with van der Waals surface area (Å²) in [5, 5.41) is 1.07. The van der Waals surface area contributed by atoms with Crippen LogP contribution >= 0.6 is 0 Å². The fourth-order valence-corrected chi connectivity index (χ4v) is 1.83. The first-order chi connectivity index (χ1) is 6.57. The molecule has 1 aromatic heterocycles. The summed E-state index contributed by atoms with van der Waals surface area (Å²) in [4.78, 5) is 4.06. The van der Waals surface area contributed by atoms with Gasteiger partial charge in [0, 0.05) is 11.6 Å². The van der Waals surface area contributed by atoms with Crippen LogP contribution in [0.25, 0.3) is 10.9 Å². The summed E-state index contributed by atoms with van der Waals surface area (Å²) >= 11 is 0. The molecule has 4 heteroatoms. The van der Waals surface area contributed by atoms with Gasteiger partial charge in [0.1, 0.15) is 0 Å². The van der Waals surface area contributed by atoms with E-state index in [1.165, 1.54) is 6.07 Å². The molecule has 0 radical (unpaired) electrons. The van der Waals surface area contributed by atoms with Gasteiger partial charge in [0.25, 0.3) is 0 Å². The second kappa shape index (κ2) is 3.06. The maximum Gasteiger partial charge on any atom is 0.192 e.